The van der Waals surface area contributed by atoms with Crippen molar-refractivity contribution >= 4 is 34.5 Å². The average Bonchev–Trinajstić information content (AvgIpc) is 3.25. The molecule has 0 amide bonds. The van der Waals surface area contributed by atoms with Crippen molar-refractivity contribution in [1.82, 2.24) is 24.4 Å². The van der Waals surface area contributed by atoms with Gasteiger partial charge in [0.05, 0.1) is 35.1 Å². The smallest absolute Gasteiger partial charge is 0.324 e. The third-order valence-corrected chi connectivity index (χ3v) is 7.11. The highest BCUT2D eigenvalue weighted by molar-refractivity contribution is 6.33. The number of rotatable bonds is 3. The van der Waals surface area contributed by atoms with Crippen molar-refractivity contribution in [2.45, 2.75) is 57.8 Å². The lowest BCUT2D eigenvalue weighted by molar-refractivity contribution is -0.160. The Morgan fingerprint density at radius 2 is 1.97 bits per heavy atom. The molecular weight excluding hydrogens is 523 g/mol. The van der Waals surface area contributed by atoms with E-state index in [1.807, 2.05) is 13.8 Å². The Labute approximate surface area is 224 Å². The Hall–Kier alpha value is -2.67. The molecule has 2 aromatic heterocycles. The summed E-state index contributed by atoms with van der Waals surface area (Å²) in [6.45, 7) is 7.10. The number of nitrogen functional groups attached to an aromatic ring is 1. The fourth-order valence-corrected chi connectivity index (χ4v) is 4.88. The number of benzene rings is 1. The minimum absolute atomic E-state index is 0.00598. The van der Waals surface area contributed by atoms with Gasteiger partial charge in [0.1, 0.15) is 11.6 Å². The second-order valence-corrected chi connectivity index (χ2v) is 10.3. The van der Waals surface area contributed by atoms with Crippen LogP contribution in [0.3, 0.4) is 0 Å². The zero-order chi connectivity index (χ0) is 27.8. The maximum absolute atomic E-state index is 15.1. The molecular formula is C25H33ClF3N7O2. The van der Waals surface area contributed by atoms with E-state index in [-0.39, 0.29) is 40.9 Å². The van der Waals surface area contributed by atoms with Crippen LogP contribution >= 0.6 is 11.6 Å². The molecule has 2 fully saturated rings. The van der Waals surface area contributed by atoms with Gasteiger partial charge >= 0.3 is 6.05 Å². The molecule has 2 saturated heterocycles. The van der Waals surface area contributed by atoms with Crippen molar-refractivity contribution < 1.29 is 23.0 Å². The fourth-order valence-electron chi connectivity index (χ4n) is 4.68. The summed E-state index contributed by atoms with van der Waals surface area (Å²) in [6, 6.07) is -1.39. The standard InChI is InChI=1S/C20H23ClF3N7.C5H10O2/c1-10(2)31-15-8-12(16-13(21)9-26-18(25)27-16)7-14(22)17(15)28-19(31)30-6-5-29(4)20(23,24)11(30)3;6-5-2-1-3-7-4-5/h7-11H,5-6H2,1-4H3,(H2,25,26,27);5-6H,1-4H2/t11-;/m0./s1. The SMILES string of the molecule is CC(C)n1c(N2CCN(C)C(F)(F)[C@@H]2C)nc2c(F)cc(-c3nc(N)ncc3Cl)cc21.OC1CCCOC1. The lowest BCUT2D eigenvalue weighted by Crippen LogP contribution is -2.62. The van der Waals surface area contributed by atoms with Crippen LogP contribution in [0, 0.1) is 5.82 Å². The lowest BCUT2D eigenvalue weighted by Gasteiger charge is -2.44. The van der Waals surface area contributed by atoms with E-state index >= 15 is 4.39 Å². The van der Waals surface area contributed by atoms with Crippen LogP contribution in [-0.2, 0) is 4.74 Å². The van der Waals surface area contributed by atoms with Gasteiger partial charge in [-0.1, -0.05) is 11.6 Å². The molecule has 4 heterocycles. The van der Waals surface area contributed by atoms with E-state index in [4.69, 9.17) is 27.2 Å². The average molecular weight is 556 g/mol. The van der Waals surface area contributed by atoms with Gasteiger partial charge in [0.2, 0.25) is 11.9 Å². The molecule has 0 bridgehead atoms. The van der Waals surface area contributed by atoms with Crippen molar-refractivity contribution in [3.63, 3.8) is 0 Å². The molecule has 1 aromatic carbocycles. The number of nitrogens with two attached hydrogens (primary N) is 1. The first kappa shape index (κ1) is 28.3. The molecule has 5 rings (SSSR count). The first-order valence-electron chi connectivity index (χ1n) is 12.5. The minimum Gasteiger partial charge on any atom is -0.391 e. The van der Waals surface area contributed by atoms with Gasteiger partial charge < -0.3 is 25.0 Å². The number of hydrogen-bond donors (Lipinski definition) is 2. The van der Waals surface area contributed by atoms with Gasteiger partial charge in [-0.05, 0) is 52.8 Å². The Balaban J connectivity index is 0.000000417. The predicted octanol–water partition coefficient (Wildman–Crippen LogP) is 4.34. The summed E-state index contributed by atoms with van der Waals surface area (Å²) in [5.74, 6) is -0.295. The van der Waals surface area contributed by atoms with Gasteiger partial charge in [-0.3, -0.25) is 0 Å². The maximum atomic E-state index is 15.1. The number of piperazine rings is 1. The number of nitrogens with zero attached hydrogens (tertiary/aromatic N) is 6. The molecule has 3 aromatic rings. The number of alkyl halides is 2. The van der Waals surface area contributed by atoms with Crippen molar-refractivity contribution in [3.05, 3.63) is 29.2 Å². The minimum atomic E-state index is -3.05. The molecule has 9 nitrogen and oxygen atoms in total. The summed E-state index contributed by atoms with van der Waals surface area (Å²) >= 11 is 6.21. The van der Waals surface area contributed by atoms with Gasteiger partial charge in [0.15, 0.2) is 5.82 Å². The van der Waals surface area contributed by atoms with Crippen LogP contribution in [-0.4, -0.2) is 81.1 Å². The molecule has 2 aliphatic rings. The molecule has 0 aliphatic carbocycles. The monoisotopic (exact) mass is 555 g/mol. The van der Waals surface area contributed by atoms with Crippen molar-refractivity contribution in [1.29, 1.82) is 0 Å². The number of aliphatic hydroxyl groups excluding tert-OH is 1. The van der Waals surface area contributed by atoms with E-state index in [9.17, 15) is 8.78 Å². The van der Waals surface area contributed by atoms with Crippen LogP contribution in [0.15, 0.2) is 18.3 Å². The zero-order valence-corrected chi connectivity index (χ0v) is 22.6. The lowest BCUT2D eigenvalue weighted by atomic mass is 10.1. The molecule has 3 N–H and O–H groups in total. The highest BCUT2D eigenvalue weighted by atomic mass is 35.5. The molecule has 38 heavy (non-hydrogen) atoms. The number of ether oxygens (including phenoxy) is 1. The third-order valence-electron chi connectivity index (χ3n) is 6.83. The molecule has 13 heteroatoms. The Morgan fingerprint density at radius 1 is 1.24 bits per heavy atom. The molecule has 208 valence electrons. The normalized spacial score (nSPS) is 22.0. The summed E-state index contributed by atoms with van der Waals surface area (Å²) < 4.78 is 51.2. The van der Waals surface area contributed by atoms with Crippen molar-refractivity contribution in [3.8, 4) is 11.3 Å². The van der Waals surface area contributed by atoms with Crippen LogP contribution < -0.4 is 10.6 Å². The van der Waals surface area contributed by atoms with E-state index < -0.39 is 17.9 Å². The number of anilines is 2. The largest absolute Gasteiger partial charge is 0.391 e. The van der Waals surface area contributed by atoms with Gasteiger partial charge in [-0.25, -0.2) is 24.2 Å². The first-order chi connectivity index (χ1) is 17.9. The second-order valence-electron chi connectivity index (χ2n) is 9.88. The van der Waals surface area contributed by atoms with Gasteiger partial charge in [0, 0.05) is 31.3 Å². The molecule has 1 unspecified atom stereocenters. The molecule has 2 aliphatic heterocycles. The van der Waals surface area contributed by atoms with Crippen LogP contribution in [0.1, 0.15) is 39.7 Å². The van der Waals surface area contributed by atoms with E-state index in [1.165, 1.54) is 31.1 Å². The van der Waals surface area contributed by atoms with Crippen molar-refractivity contribution in [2.75, 3.05) is 44.0 Å². The van der Waals surface area contributed by atoms with Crippen LogP contribution in [0.4, 0.5) is 25.1 Å². The number of halogens is 4. The molecule has 0 spiro atoms. The summed E-state index contributed by atoms with van der Waals surface area (Å²) in [6.07, 6.45) is 3.09. The predicted molar refractivity (Wildman–Crippen MR) is 141 cm³/mol. The van der Waals surface area contributed by atoms with E-state index in [1.54, 1.807) is 10.6 Å². The van der Waals surface area contributed by atoms with Crippen LogP contribution in [0.2, 0.25) is 5.02 Å². The summed E-state index contributed by atoms with van der Waals surface area (Å²) in [4.78, 5) is 15.0. The Kier molecular flexibility index (Phi) is 8.36. The van der Waals surface area contributed by atoms with E-state index in [2.05, 4.69) is 15.0 Å². The van der Waals surface area contributed by atoms with E-state index in [0.29, 0.717) is 30.2 Å². The first-order valence-corrected chi connectivity index (χ1v) is 12.9. The van der Waals surface area contributed by atoms with Crippen molar-refractivity contribution in [2.24, 2.45) is 0 Å². The number of aliphatic hydroxyl groups is 1. The van der Waals surface area contributed by atoms with Crippen LogP contribution in [0.25, 0.3) is 22.3 Å². The number of likely N-dealkylation sites (N-methyl/N-ethyl adjacent to an activating group) is 1. The zero-order valence-electron chi connectivity index (χ0n) is 21.8. The number of aromatic nitrogens is 4. The summed E-state index contributed by atoms with van der Waals surface area (Å²) in [7, 11) is 1.39. The number of hydrogen-bond acceptors (Lipinski definition) is 8. The Bertz CT molecular complexity index is 1280. The van der Waals surface area contributed by atoms with Gasteiger partial charge in [0.25, 0.3) is 0 Å². The summed E-state index contributed by atoms with van der Waals surface area (Å²) in [5, 5.41) is 9.00. The molecule has 0 saturated carbocycles. The Morgan fingerprint density at radius 3 is 2.58 bits per heavy atom. The summed E-state index contributed by atoms with van der Waals surface area (Å²) in [5.41, 5.74) is 6.91. The van der Waals surface area contributed by atoms with Gasteiger partial charge in [-0.15, -0.1) is 0 Å². The molecule has 0 radical (unpaired) electrons. The highest BCUT2D eigenvalue weighted by Gasteiger charge is 2.48. The van der Waals surface area contributed by atoms with Gasteiger partial charge in [-0.2, -0.15) is 8.78 Å². The topological polar surface area (TPSA) is 106 Å². The number of fused-ring (bicyclic) bond motifs is 1. The number of imidazole rings is 1. The molecule has 2 atom stereocenters. The van der Waals surface area contributed by atoms with Crippen LogP contribution in [0.5, 0.6) is 0 Å². The third kappa shape index (κ3) is 5.54. The second kappa shape index (κ2) is 11.2. The fraction of sp³-hybridized carbons (Fsp3) is 0.560. The maximum Gasteiger partial charge on any atom is 0.324 e. The quantitative estimate of drug-likeness (QED) is 0.460. The van der Waals surface area contributed by atoms with E-state index in [0.717, 1.165) is 24.3 Å². The highest BCUT2D eigenvalue weighted by Crippen LogP contribution is 2.38.